The molecule has 7 nitrogen and oxygen atoms in total. The molecule has 1 aliphatic heterocycles. The fourth-order valence-corrected chi connectivity index (χ4v) is 4.06. The molecule has 1 aliphatic rings. The number of amides is 1. The number of aliphatic hydroxyl groups excluding tert-OH is 1. The minimum atomic E-state index is -1.10. The highest BCUT2D eigenvalue weighted by Gasteiger charge is 2.47. The lowest BCUT2D eigenvalue weighted by molar-refractivity contribution is -0.117. The number of rotatable bonds is 4. The van der Waals surface area contributed by atoms with Gasteiger partial charge >= 0.3 is 0 Å². The average molecular weight is 450 g/mol. The molecule has 1 atom stereocenters. The lowest BCUT2D eigenvalue weighted by atomic mass is 9.99. The van der Waals surface area contributed by atoms with Crippen LogP contribution in [0.3, 0.4) is 0 Å². The van der Waals surface area contributed by atoms with Crippen molar-refractivity contribution in [2.75, 3.05) is 4.90 Å². The number of hydrogen-bond donors (Lipinski definition) is 2. The van der Waals surface area contributed by atoms with Gasteiger partial charge in [0.2, 0.25) is 5.78 Å². The van der Waals surface area contributed by atoms with Gasteiger partial charge in [0, 0.05) is 10.4 Å². The third-order valence-corrected chi connectivity index (χ3v) is 5.56. The smallest absolute Gasteiger partial charge is 0.294 e. The van der Waals surface area contributed by atoms with Crippen LogP contribution in [0.5, 0.6) is 5.75 Å². The lowest BCUT2D eigenvalue weighted by Crippen LogP contribution is -2.30. The fourth-order valence-electron chi connectivity index (χ4n) is 3.88. The molecular weight excluding hydrogens is 434 g/mol. The van der Waals surface area contributed by atoms with Crippen LogP contribution in [-0.2, 0) is 4.79 Å². The van der Waals surface area contributed by atoms with Crippen molar-refractivity contribution >= 4 is 39.9 Å². The number of benzene rings is 2. The molecule has 0 bridgehead atoms. The summed E-state index contributed by atoms with van der Waals surface area (Å²) >= 11 is 6.02. The third kappa shape index (κ3) is 3.06. The monoisotopic (exact) mass is 449 g/mol. The first-order valence-electron chi connectivity index (χ1n) is 9.70. The molecule has 2 N–H and O–H groups in total. The first-order valence-corrected chi connectivity index (χ1v) is 10.1. The van der Waals surface area contributed by atoms with E-state index in [1.165, 1.54) is 18.2 Å². The molecular formula is C24H16ClNO6. The highest BCUT2D eigenvalue weighted by molar-refractivity contribution is 6.31. The summed E-state index contributed by atoms with van der Waals surface area (Å²) in [6.07, 6.45) is 0. The van der Waals surface area contributed by atoms with Crippen LogP contribution in [0.15, 0.2) is 80.8 Å². The van der Waals surface area contributed by atoms with Crippen molar-refractivity contribution in [2.45, 2.75) is 13.0 Å². The van der Waals surface area contributed by atoms with Gasteiger partial charge in [-0.05, 0) is 55.5 Å². The van der Waals surface area contributed by atoms with Crippen molar-refractivity contribution in [1.29, 1.82) is 0 Å². The molecule has 0 fully saturated rings. The van der Waals surface area contributed by atoms with Gasteiger partial charge in [-0.3, -0.25) is 14.5 Å². The second kappa shape index (κ2) is 7.32. The Bertz CT molecular complexity index is 1430. The van der Waals surface area contributed by atoms with Crippen LogP contribution in [-0.4, -0.2) is 21.9 Å². The first-order chi connectivity index (χ1) is 15.3. The number of phenolic OH excluding ortho intramolecular Hbond substituents is 1. The molecule has 160 valence electrons. The van der Waals surface area contributed by atoms with Crippen LogP contribution in [0.1, 0.15) is 28.1 Å². The lowest BCUT2D eigenvalue weighted by Gasteiger charge is -2.25. The molecule has 8 heteroatoms. The second-order valence-corrected chi connectivity index (χ2v) is 7.84. The van der Waals surface area contributed by atoms with Crippen LogP contribution in [0.2, 0.25) is 5.02 Å². The molecule has 0 aliphatic carbocycles. The minimum Gasteiger partial charge on any atom is -0.506 e. The van der Waals surface area contributed by atoms with E-state index in [4.69, 9.17) is 20.4 Å². The number of fused-ring (bicyclic) bond motifs is 1. The number of Topliss-reactive ketones (excluding diaryl/α,β-unsaturated/α-hetero) is 1. The van der Waals surface area contributed by atoms with Gasteiger partial charge in [0.25, 0.3) is 5.91 Å². The second-order valence-electron chi connectivity index (χ2n) is 7.40. The van der Waals surface area contributed by atoms with E-state index in [2.05, 4.69) is 0 Å². The summed E-state index contributed by atoms with van der Waals surface area (Å²) in [5.74, 6) is -1.70. The quantitative estimate of drug-likeness (QED) is 0.400. The number of ketones is 1. The standard InChI is InChI=1S/C24H16ClNO6/c1-12-6-8-18(31-12)21-20(22(28)19-11-13-10-14(25)7-9-17(13)32-19)23(29)24(30)26(21)15-4-2-3-5-16(15)27/h2-11,21,27,29H,1H3. The van der Waals surface area contributed by atoms with Crippen molar-refractivity contribution in [3.63, 3.8) is 0 Å². The van der Waals surface area contributed by atoms with Gasteiger partial charge in [0.1, 0.15) is 28.9 Å². The fraction of sp³-hybridized carbons (Fsp3) is 0.0833. The number of nitrogens with zero attached hydrogens (tertiary/aromatic N) is 1. The number of carbonyl (C=O) groups is 2. The Morgan fingerprint density at radius 3 is 2.53 bits per heavy atom. The normalized spacial score (nSPS) is 16.4. The first kappa shape index (κ1) is 20.0. The zero-order valence-electron chi connectivity index (χ0n) is 16.7. The number of aryl methyl sites for hydroxylation is 1. The Morgan fingerprint density at radius 1 is 1.03 bits per heavy atom. The van der Waals surface area contributed by atoms with E-state index in [0.29, 0.717) is 21.8 Å². The van der Waals surface area contributed by atoms with Crippen LogP contribution >= 0.6 is 11.6 Å². The minimum absolute atomic E-state index is 0.0657. The van der Waals surface area contributed by atoms with Gasteiger partial charge in [-0.1, -0.05) is 23.7 Å². The van der Waals surface area contributed by atoms with E-state index in [1.54, 1.807) is 49.4 Å². The van der Waals surface area contributed by atoms with Crippen LogP contribution in [0.4, 0.5) is 5.69 Å². The summed E-state index contributed by atoms with van der Waals surface area (Å²) in [6.45, 7) is 1.72. The number of aliphatic hydroxyl groups is 1. The van der Waals surface area contributed by atoms with Crippen LogP contribution in [0.25, 0.3) is 11.0 Å². The highest BCUT2D eigenvalue weighted by atomic mass is 35.5. The molecule has 0 saturated carbocycles. The largest absolute Gasteiger partial charge is 0.506 e. The predicted octanol–water partition coefficient (Wildman–Crippen LogP) is 5.48. The maximum atomic E-state index is 13.5. The van der Waals surface area contributed by atoms with Crippen LogP contribution < -0.4 is 4.90 Å². The van der Waals surface area contributed by atoms with Crippen molar-refractivity contribution in [3.8, 4) is 5.75 Å². The summed E-state index contributed by atoms with van der Waals surface area (Å²) < 4.78 is 11.4. The summed E-state index contributed by atoms with van der Waals surface area (Å²) in [6, 6.07) is 14.8. The molecule has 3 heterocycles. The summed E-state index contributed by atoms with van der Waals surface area (Å²) in [5, 5.41) is 22.2. The number of para-hydroxylation sites is 2. The van der Waals surface area contributed by atoms with Gasteiger partial charge in [-0.15, -0.1) is 0 Å². The average Bonchev–Trinajstić information content (AvgIpc) is 3.45. The Labute approximate surface area is 186 Å². The van der Waals surface area contributed by atoms with Crippen molar-refractivity contribution in [3.05, 3.63) is 94.3 Å². The summed E-state index contributed by atoms with van der Waals surface area (Å²) in [4.78, 5) is 27.7. The molecule has 0 radical (unpaired) electrons. The molecule has 0 spiro atoms. The number of anilines is 1. The van der Waals surface area contributed by atoms with Crippen molar-refractivity contribution < 1.29 is 28.6 Å². The van der Waals surface area contributed by atoms with Crippen LogP contribution in [0, 0.1) is 6.92 Å². The van der Waals surface area contributed by atoms with Gasteiger partial charge < -0.3 is 19.0 Å². The Balaban J connectivity index is 1.67. The molecule has 0 saturated heterocycles. The maximum Gasteiger partial charge on any atom is 0.294 e. The summed E-state index contributed by atoms with van der Waals surface area (Å²) in [7, 11) is 0. The summed E-state index contributed by atoms with van der Waals surface area (Å²) in [5.41, 5.74) is 0.352. The van der Waals surface area contributed by atoms with E-state index in [1.807, 2.05) is 0 Å². The SMILES string of the molecule is Cc1ccc(C2C(C(=O)c3cc4cc(Cl)ccc4o3)=C(O)C(=O)N2c2ccccc2O)o1. The van der Waals surface area contributed by atoms with Crippen molar-refractivity contribution in [2.24, 2.45) is 0 Å². The molecule has 1 unspecified atom stereocenters. The van der Waals surface area contributed by atoms with E-state index in [0.717, 1.165) is 4.90 Å². The molecule has 2 aromatic heterocycles. The van der Waals surface area contributed by atoms with E-state index >= 15 is 0 Å². The Kier molecular flexibility index (Phi) is 4.56. The van der Waals surface area contributed by atoms with E-state index in [-0.39, 0.29) is 28.5 Å². The Morgan fingerprint density at radius 2 is 1.81 bits per heavy atom. The molecule has 4 aromatic rings. The van der Waals surface area contributed by atoms with Gasteiger partial charge in [-0.25, -0.2) is 0 Å². The van der Waals surface area contributed by atoms with Gasteiger partial charge in [-0.2, -0.15) is 0 Å². The number of aromatic hydroxyl groups is 1. The number of phenols is 1. The van der Waals surface area contributed by atoms with E-state index in [9.17, 15) is 19.8 Å². The Hall–Kier alpha value is -3.97. The number of hydrogen-bond acceptors (Lipinski definition) is 6. The number of furan rings is 2. The number of halogens is 1. The highest BCUT2D eigenvalue weighted by Crippen LogP contribution is 2.45. The topological polar surface area (TPSA) is 104 Å². The predicted molar refractivity (Wildman–Crippen MR) is 117 cm³/mol. The molecule has 32 heavy (non-hydrogen) atoms. The zero-order valence-corrected chi connectivity index (χ0v) is 17.5. The van der Waals surface area contributed by atoms with Gasteiger partial charge in [0.15, 0.2) is 11.5 Å². The third-order valence-electron chi connectivity index (χ3n) is 5.33. The van der Waals surface area contributed by atoms with Crippen molar-refractivity contribution in [1.82, 2.24) is 0 Å². The number of carbonyl (C=O) groups excluding carboxylic acids is 2. The maximum absolute atomic E-state index is 13.5. The molecule has 1 amide bonds. The van der Waals surface area contributed by atoms with E-state index < -0.39 is 23.5 Å². The molecule has 5 rings (SSSR count). The van der Waals surface area contributed by atoms with Gasteiger partial charge in [0.05, 0.1) is 11.3 Å². The molecule has 2 aromatic carbocycles. The zero-order chi connectivity index (χ0) is 22.6.